The predicted molar refractivity (Wildman–Crippen MR) is 103 cm³/mol. The molecule has 1 heterocycles. The molecule has 1 aliphatic rings. The Kier molecular flexibility index (Phi) is 6.01. The lowest BCUT2D eigenvalue weighted by atomic mass is 10.0. The molecule has 0 saturated heterocycles. The van der Waals surface area contributed by atoms with Crippen molar-refractivity contribution in [3.05, 3.63) is 63.6 Å². The Hall–Kier alpha value is -2.24. The van der Waals surface area contributed by atoms with Gasteiger partial charge in [-0.25, -0.2) is 0 Å². The molecule has 0 radical (unpaired) electrons. The highest BCUT2D eigenvalue weighted by molar-refractivity contribution is 6.36. The van der Waals surface area contributed by atoms with Crippen molar-refractivity contribution >= 4 is 40.7 Å². The molecular formula is C19H19Cl2N3O2. The lowest BCUT2D eigenvalue weighted by molar-refractivity contribution is -0.127. The van der Waals surface area contributed by atoms with Crippen LogP contribution in [-0.4, -0.2) is 24.9 Å². The molecule has 7 heteroatoms. The molecule has 136 valence electrons. The molecule has 0 bridgehead atoms. The van der Waals surface area contributed by atoms with E-state index in [-0.39, 0.29) is 24.8 Å². The maximum absolute atomic E-state index is 12.2. The minimum Gasteiger partial charge on any atom is -0.362 e. The second-order valence-electron chi connectivity index (χ2n) is 6.13. The number of amides is 2. The topological polar surface area (TPSA) is 61.4 Å². The van der Waals surface area contributed by atoms with Crippen LogP contribution in [0.3, 0.4) is 0 Å². The van der Waals surface area contributed by atoms with Crippen LogP contribution in [0.4, 0.5) is 5.69 Å². The van der Waals surface area contributed by atoms with E-state index in [1.165, 1.54) is 5.56 Å². The van der Waals surface area contributed by atoms with Gasteiger partial charge in [-0.05, 0) is 42.2 Å². The molecule has 1 aliphatic heterocycles. The van der Waals surface area contributed by atoms with Gasteiger partial charge in [-0.3, -0.25) is 20.4 Å². The average molecular weight is 392 g/mol. The van der Waals surface area contributed by atoms with E-state index in [0.717, 1.165) is 25.1 Å². The number of halogens is 2. The fraction of sp³-hybridized carbons (Fsp3) is 0.263. The SMILES string of the molecule is O=C(Cc1c(Cl)cccc1Cl)NNC(=O)CN1CCCc2ccccc21. The summed E-state index contributed by atoms with van der Waals surface area (Å²) in [5.41, 5.74) is 7.72. The van der Waals surface area contributed by atoms with E-state index in [1.54, 1.807) is 18.2 Å². The zero-order valence-corrected chi connectivity index (χ0v) is 15.6. The summed E-state index contributed by atoms with van der Waals surface area (Å²) in [4.78, 5) is 26.3. The van der Waals surface area contributed by atoms with Crippen LogP contribution >= 0.6 is 23.2 Å². The zero-order chi connectivity index (χ0) is 18.5. The first-order chi connectivity index (χ1) is 12.5. The number of rotatable bonds is 4. The molecule has 2 aromatic carbocycles. The molecule has 0 spiro atoms. The van der Waals surface area contributed by atoms with Crippen molar-refractivity contribution in [2.45, 2.75) is 19.3 Å². The van der Waals surface area contributed by atoms with Crippen LogP contribution in [0.25, 0.3) is 0 Å². The molecule has 5 nitrogen and oxygen atoms in total. The highest BCUT2D eigenvalue weighted by Crippen LogP contribution is 2.26. The Morgan fingerprint density at radius 3 is 2.42 bits per heavy atom. The van der Waals surface area contributed by atoms with Crippen LogP contribution in [0.2, 0.25) is 10.0 Å². The fourth-order valence-electron chi connectivity index (χ4n) is 3.03. The minimum atomic E-state index is -0.382. The first kappa shape index (κ1) is 18.5. The normalized spacial score (nSPS) is 13.1. The highest BCUT2D eigenvalue weighted by Gasteiger charge is 2.19. The van der Waals surface area contributed by atoms with Crippen LogP contribution in [0.15, 0.2) is 42.5 Å². The van der Waals surface area contributed by atoms with Gasteiger partial charge in [0.05, 0.1) is 13.0 Å². The quantitative estimate of drug-likeness (QED) is 0.786. The van der Waals surface area contributed by atoms with Crippen molar-refractivity contribution in [3.8, 4) is 0 Å². The van der Waals surface area contributed by atoms with E-state index in [9.17, 15) is 9.59 Å². The van der Waals surface area contributed by atoms with E-state index in [0.29, 0.717) is 15.6 Å². The summed E-state index contributed by atoms with van der Waals surface area (Å²) >= 11 is 12.1. The summed E-state index contributed by atoms with van der Waals surface area (Å²) in [5.74, 6) is -0.660. The van der Waals surface area contributed by atoms with Crippen molar-refractivity contribution in [2.24, 2.45) is 0 Å². The van der Waals surface area contributed by atoms with Crippen LogP contribution in [0.1, 0.15) is 17.5 Å². The molecular weight excluding hydrogens is 373 g/mol. The number of benzene rings is 2. The molecule has 0 atom stereocenters. The number of hydrazine groups is 1. The molecule has 2 aromatic rings. The van der Waals surface area contributed by atoms with E-state index in [1.807, 2.05) is 23.1 Å². The summed E-state index contributed by atoms with van der Waals surface area (Å²) in [5, 5.41) is 0.841. The van der Waals surface area contributed by atoms with Crippen LogP contribution in [0.5, 0.6) is 0 Å². The second kappa shape index (κ2) is 8.43. The van der Waals surface area contributed by atoms with Gasteiger partial charge < -0.3 is 4.90 Å². The maximum atomic E-state index is 12.2. The predicted octanol–water partition coefficient (Wildman–Crippen LogP) is 3.14. The molecule has 3 rings (SSSR count). The number of nitrogens with zero attached hydrogens (tertiary/aromatic N) is 1. The standard InChI is InChI=1S/C19H19Cl2N3O2/c20-15-7-3-8-16(21)14(15)11-18(25)22-23-19(26)12-24-10-4-6-13-5-1-2-9-17(13)24/h1-3,5,7-9H,4,6,10-12H2,(H,22,25)(H,23,26). The van der Waals surface area contributed by atoms with Gasteiger partial charge in [-0.2, -0.15) is 0 Å². The largest absolute Gasteiger partial charge is 0.362 e. The number of para-hydroxylation sites is 1. The summed E-state index contributed by atoms with van der Waals surface area (Å²) in [6.07, 6.45) is 2.01. The molecule has 26 heavy (non-hydrogen) atoms. The first-order valence-electron chi connectivity index (χ1n) is 8.38. The molecule has 0 fully saturated rings. The smallest absolute Gasteiger partial charge is 0.257 e. The average Bonchev–Trinajstić information content (AvgIpc) is 2.63. The summed E-state index contributed by atoms with van der Waals surface area (Å²) in [6.45, 7) is 0.998. The maximum Gasteiger partial charge on any atom is 0.257 e. The fourth-order valence-corrected chi connectivity index (χ4v) is 3.57. The number of hydrogen-bond acceptors (Lipinski definition) is 3. The summed E-state index contributed by atoms with van der Waals surface area (Å²) in [6, 6.07) is 13.1. The lowest BCUT2D eigenvalue weighted by Gasteiger charge is -2.30. The Morgan fingerprint density at radius 1 is 0.962 bits per heavy atom. The molecule has 2 amide bonds. The number of nitrogens with one attached hydrogen (secondary N) is 2. The number of aryl methyl sites for hydroxylation is 1. The molecule has 0 unspecified atom stereocenters. The third-order valence-electron chi connectivity index (χ3n) is 4.28. The van der Waals surface area contributed by atoms with E-state index in [2.05, 4.69) is 16.9 Å². The Labute approximate surface area is 162 Å². The monoisotopic (exact) mass is 391 g/mol. The van der Waals surface area contributed by atoms with E-state index in [4.69, 9.17) is 23.2 Å². The van der Waals surface area contributed by atoms with Gasteiger partial charge in [-0.15, -0.1) is 0 Å². The summed E-state index contributed by atoms with van der Waals surface area (Å²) in [7, 11) is 0. The van der Waals surface area contributed by atoms with Gasteiger partial charge in [0.1, 0.15) is 0 Å². The number of carbonyl (C=O) groups is 2. The second-order valence-corrected chi connectivity index (χ2v) is 6.94. The van der Waals surface area contributed by atoms with Crippen molar-refractivity contribution in [1.29, 1.82) is 0 Å². The van der Waals surface area contributed by atoms with Crippen molar-refractivity contribution in [3.63, 3.8) is 0 Å². The Morgan fingerprint density at radius 2 is 1.65 bits per heavy atom. The van der Waals surface area contributed by atoms with Gasteiger partial charge in [0, 0.05) is 22.3 Å². The number of fused-ring (bicyclic) bond motifs is 1. The van der Waals surface area contributed by atoms with Gasteiger partial charge >= 0.3 is 0 Å². The van der Waals surface area contributed by atoms with Crippen molar-refractivity contribution < 1.29 is 9.59 Å². The summed E-state index contributed by atoms with van der Waals surface area (Å²) < 4.78 is 0. The van der Waals surface area contributed by atoms with Gasteiger partial charge in [0.15, 0.2) is 0 Å². The molecule has 0 aromatic heterocycles. The van der Waals surface area contributed by atoms with Crippen LogP contribution < -0.4 is 15.8 Å². The highest BCUT2D eigenvalue weighted by atomic mass is 35.5. The third kappa shape index (κ3) is 4.48. The first-order valence-corrected chi connectivity index (χ1v) is 9.13. The Bertz CT molecular complexity index is 806. The molecule has 2 N–H and O–H groups in total. The van der Waals surface area contributed by atoms with Crippen molar-refractivity contribution in [1.82, 2.24) is 10.9 Å². The Balaban J connectivity index is 1.53. The number of carbonyl (C=O) groups excluding carboxylic acids is 2. The molecule has 0 aliphatic carbocycles. The van der Waals surface area contributed by atoms with Gasteiger partial charge in [0.25, 0.3) is 5.91 Å². The van der Waals surface area contributed by atoms with Crippen molar-refractivity contribution in [2.75, 3.05) is 18.0 Å². The van der Waals surface area contributed by atoms with Crippen LogP contribution in [-0.2, 0) is 22.4 Å². The third-order valence-corrected chi connectivity index (χ3v) is 4.99. The van der Waals surface area contributed by atoms with E-state index < -0.39 is 0 Å². The number of anilines is 1. The van der Waals surface area contributed by atoms with Gasteiger partial charge in [0.2, 0.25) is 5.91 Å². The van der Waals surface area contributed by atoms with E-state index >= 15 is 0 Å². The molecule has 0 saturated carbocycles. The van der Waals surface area contributed by atoms with Gasteiger partial charge in [-0.1, -0.05) is 47.5 Å². The lowest BCUT2D eigenvalue weighted by Crippen LogP contribution is -2.47. The minimum absolute atomic E-state index is 0.00860. The number of hydrogen-bond donors (Lipinski definition) is 2. The zero-order valence-electron chi connectivity index (χ0n) is 14.1. The van der Waals surface area contributed by atoms with Crippen LogP contribution in [0, 0.1) is 0 Å².